The van der Waals surface area contributed by atoms with Crippen molar-refractivity contribution in [3.63, 3.8) is 0 Å². The minimum absolute atomic E-state index is 0.0732. The van der Waals surface area contributed by atoms with Gasteiger partial charge in [0.2, 0.25) is 34.8 Å². The van der Waals surface area contributed by atoms with E-state index in [1.54, 1.807) is 0 Å². The van der Waals surface area contributed by atoms with Gasteiger partial charge in [-0.2, -0.15) is 8.78 Å². The van der Waals surface area contributed by atoms with E-state index in [0.717, 1.165) is 0 Å². The Hall–Kier alpha value is -2.14. The van der Waals surface area contributed by atoms with E-state index >= 15 is 0 Å². The average molecular weight is 738 g/mol. The summed E-state index contributed by atoms with van der Waals surface area (Å²) in [4.78, 5) is 13.9. The molecule has 0 aromatic heterocycles. The Morgan fingerprint density at radius 3 is 1.04 bits per heavy atom. The van der Waals surface area contributed by atoms with Crippen molar-refractivity contribution in [1.82, 2.24) is 4.90 Å². The van der Waals surface area contributed by atoms with E-state index in [1.807, 2.05) is 0 Å². The molecule has 0 amide bonds. The monoisotopic (exact) mass is 737 g/mol. The fraction of sp³-hybridized carbons (Fsp3) is 0.774. The molecule has 0 spiro atoms. The van der Waals surface area contributed by atoms with Crippen molar-refractivity contribution in [3.8, 4) is 5.75 Å². The molecule has 0 atom stereocenters. The van der Waals surface area contributed by atoms with Crippen molar-refractivity contribution in [2.75, 3.05) is 152 Å². The van der Waals surface area contributed by atoms with Crippen LogP contribution in [0.5, 0.6) is 5.75 Å². The van der Waals surface area contributed by atoms with Gasteiger partial charge in [-0.15, -0.1) is 0 Å². The van der Waals surface area contributed by atoms with Crippen LogP contribution in [0.3, 0.4) is 0 Å². The van der Waals surface area contributed by atoms with Crippen LogP contribution in [0, 0.1) is 29.1 Å². The Kier molecular flexibility index (Phi) is 29.0. The van der Waals surface area contributed by atoms with Crippen LogP contribution >= 0.6 is 0 Å². The van der Waals surface area contributed by atoms with Gasteiger partial charge in [-0.1, -0.05) is 0 Å². The second-order valence-corrected chi connectivity index (χ2v) is 10.1. The molecule has 292 valence electrons. The zero-order valence-electron chi connectivity index (χ0n) is 28.5. The van der Waals surface area contributed by atoms with E-state index in [9.17, 15) is 26.7 Å². The number of esters is 1. The standard InChI is InChI=1S/C31H52F5N3O11/c32-26-27(33)29(35)31(30(36)28(26)34)50-25(40)1-7-41-13-19-47-22-16-44-10-4-39(5-11-45-17-23-48-20-14-42-8-2-37)6-12-46-18-24-49-21-15-43-9-3-38/h1-24,37-38H2. The molecule has 50 heavy (non-hydrogen) atoms. The molecule has 0 radical (unpaired) electrons. The SMILES string of the molecule is NCCOCCOCCOCCN(CCOCCOCCOCCN)CCOCCOCCOCCC(=O)Oc1c(F)c(F)c(F)c(F)c1F. The lowest BCUT2D eigenvalue weighted by Gasteiger charge is -2.22. The minimum Gasteiger partial charge on any atom is -0.420 e. The Morgan fingerprint density at radius 2 is 0.700 bits per heavy atom. The van der Waals surface area contributed by atoms with Gasteiger partial charge in [-0.25, -0.2) is 13.2 Å². The fourth-order valence-electron chi connectivity index (χ4n) is 3.70. The van der Waals surface area contributed by atoms with Gasteiger partial charge in [0.15, 0.2) is 0 Å². The molecule has 1 aromatic rings. The molecule has 1 aromatic carbocycles. The number of carbonyl (C=O) groups excluding carboxylic acids is 1. The summed E-state index contributed by atoms with van der Waals surface area (Å²) >= 11 is 0. The van der Waals surface area contributed by atoms with Crippen LogP contribution in [-0.4, -0.2) is 163 Å². The molecule has 0 bridgehead atoms. The maximum absolute atomic E-state index is 13.6. The minimum atomic E-state index is -2.35. The lowest BCUT2D eigenvalue weighted by Crippen LogP contribution is -2.34. The van der Waals surface area contributed by atoms with Crippen LogP contribution in [0.25, 0.3) is 0 Å². The molecule has 0 aliphatic rings. The molecule has 0 unspecified atom stereocenters. The van der Waals surface area contributed by atoms with Crippen LogP contribution in [0.15, 0.2) is 0 Å². The summed E-state index contributed by atoms with van der Waals surface area (Å²) in [5, 5.41) is 0. The van der Waals surface area contributed by atoms with E-state index in [-0.39, 0.29) is 26.4 Å². The van der Waals surface area contributed by atoms with E-state index < -0.39 is 47.2 Å². The predicted molar refractivity (Wildman–Crippen MR) is 168 cm³/mol. The third kappa shape index (κ3) is 22.6. The van der Waals surface area contributed by atoms with Crippen LogP contribution in [0.1, 0.15) is 6.42 Å². The number of ether oxygens (including phenoxy) is 10. The molecule has 0 fully saturated rings. The van der Waals surface area contributed by atoms with Crippen molar-refractivity contribution in [2.45, 2.75) is 6.42 Å². The van der Waals surface area contributed by atoms with E-state index in [4.69, 9.17) is 54.1 Å². The quantitative estimate of drug-likeness (QED) is 0.0254. The first-order valence-electron chi connectivity index (χ1n) is 16.4. The Morgan fingerprint density at radius 1 is 0.420 bits per heavy atom. The molecule has 0 saturated carbocycles. The van der Waals surface area contributed by atoms with Gasteiger partial charge < -0.3 is 58.8 Å². The maximum Gasteiger partial charge on any atom is 0.313 e. The van der Waals surface area contributed by atoms with Gasteiger partial charge in [-0.3, -0.25) is 9.69 Å². The highest BCUT2D eigenvalue weighted by Gasteiger charge is 2.28. The van der Waals surface area contributed by atoms with Gasteiger partial charge in [0.05, 0.1) is 125 Å². The predicted octanol–water partition coefficient (Wildman–Crippen LogP) is 1.05. The molecule has 4 N–H and O–H groups in total. The number of halogens is 5. The number of nitrogens with two attached hydrogens (primary N) is 2. The molecule has 14 nitrogen and oxygen atoms in total. The van der Waals surface area contributed by atoms with Crippen LogP contribution < -0.4 is 16.2 Å². The Labute approximate surface area is 289 Å². The Bertz CT molecular complexity index is 955. The van der Waals surface area contributed by atoms with Gasteiger partial charge in [-0.05, 0) is 0 Å². The summed E-state index contributed by atoms with van der Waals surface area (Å²) in [6.07, 6.45) is -0.493. The Balaban J connectivity index is 2.18. The summed E-state index contributed by atoms with van der Waals surface area (Å²) in [5.74, 6) is -14.2. The normalized spacial score (nSPS) is 11.6. The first-order chi connectivity index (χ1) is 24.3. The number of rotatable bonds is 35. The molecular weight excluding hydrogens is 685 g/mol. The number of nitrogens with zero attached hydrogens (tertiary/aromatic N) is 1. The van der Waals surface area contributed by atoms with Crippen LogP contribution in [-0.2, 0) is 47.4 Å². The summed E-state index contributed by atoms with van der Waals surface area (Å²) in [7, 11) is 0. The lowest BCUT2D eigenvalue weighted by molar-refractivity contribution is -0.136. The number of carbonyl (C=O) groups is 1. The summed E-state index contributed by atoms with van der Waals surface area (Å²) in [6.45, 7) is 9.64. The highest BCUT2D eigenvalue weighted by Crippen LogP contribution is 2.29. The van der Waals surface area contributed by atoms with E-state index in [1.165, 1.54) is 0 Å². The highest BCUT2D eigenvalue weighted by atomic mass is 19.2. The van der Waals surface area contributed by atoms with E-state index in [2.05, 4.69) is 9.64 Å². The largest absolute Gasteiger partial charge is 0.420 e. The number of benzene rings is 1. The highest BCUT2D eigenvalue weighted by molar-refractivity contribution is 5.72. The summed E-state index contributed by atoms with van der Waals surface area (Å²) < 4.78 is 120. The van der Waals surface area contributed by atoms with E-state index in [0.29, 0.717) is 125 Å². The van der Waals surface area contributed by atoms with Gasteiger partial charge >= 0.3 is 5.97 Å². The first-order valence-corrected chi connectivity index (χ1v) is 16.4. The van der Waals surface area contributed by atoms with Gasteiger partial charge in [0.1, 0.15) is 0 Å². The molecule has 19 heteroatoms. The third-order valence-corrected chi connectivity index (χ3v) is 6.25. The van der Waals surface area contributed by atoms with Gasteiger partial charge in [0, 0.05) is 32.7 Å². The van der Waals surface area contributed by atoms with Crippen molar-refractivity contribution in [2.24, 2.45) is 11.5 Å². The molecule has 0 aliphatic carbocycles. The second kappa shape index (κ2) is 31.6. The zero-order valence-corrected chi connectivity index (χ0v) is 28.5. The third-order valence-electron chi connectivity index (χ3n) is 6.25. The summed E-state index contributed by atoms with van der Waals surface area (Å²) in [5.41, 5.74) is 10.7. The number of hydrogen-bond acceptors (Lipinski definition) is 14. The molecule has 0 saturated heterocycles. The van der Waals surface area contributed by atoms with Crippen molar-refractivity contribution in [3.05, 3.63) is 29.1 Å². The number of hydrogen-bond donors (Lipinski definition) is 2. The van der Waals surface area contributed by atoms with Crippen molar-refractivity contribution >= 4 is 5.97 Å². The molecule has 0 aliphatic heterocycles. The first kappa shape index (κ1) is 45.9. The van der Waals surface area contributed by atoms with Crippen LogP contribution in [0.4, 0.5) is 22.0 Å². The molecular formula is C31H52F5N3O11. The van der Waals surface area contributed by atoms with Crippen LogP contribution in [0.2, 0.25) is 0 Å². The second-order valence-electron chi connectivity index (χ2n) is 10.1. The van der Waals surface area contributed by atoms with Crippen molar-refractivity contribution in [1.29, 1.82) is 0 Å². The topological polar surface area (TPSA) is 165 Å². The summed E-state index contributed by atoms with van der Waals surface area (Å²) in [6, 6.07) is 0. The average Bonchev–Trinajstić information content (AvgIpc) is 3.11. The maximum atomic E-state index is 13.6. The lowest BCUT2D eigenvalue weighted by atomic mass is 10.2. The molecule has 1 rings (SSSR count). The fourth-order valence-corrected chi connectivity index (χ4v) is 3.70. The van der Waals surface area contributed by atoms with Gasteiger partial charge in [0.25, 0.3) is 0 Å². The zero-order chi connectivity index (χ0) is 36.7. The smallest absolute Gasteiger partial charge is 0.313 e. The van der Waals surface area contributed by atoms with Crippen molar-refractivity contribution < 1.29 is 74.1 Å². The molecule has 0 heterocycles.